The minimum Gasteiger partial charge on any atom is -0.461 e. The molecule has 6 aromatic rings. The number of pyridine rings is 1. The monoisotopic (exact) mass is 848 g/mol. The molecule has 7 heterocycles. The first-order valence-corrected chi connectivity index (χ1v) is 22.2. The molecule has 0 unspecified atom stereocenters. The van der Waals surface area contributed by atoms with Gasteiger partial charge in [-0.1, -0.05) is 47.5 Å². The Morgan fingerprint density at radius 2 is 1.61 bits per heavy atom. The van der Waals surface area contributed by atoms with Gasteiger partial charge in [0.05, 0.1) is 28.4 Å². The minimum atomic E-state index is -0.470. The van der Waals surface area contributed by atoms with Gasteiger partial charge in [0.15, 0.2) is 11.5 Å². The molecule has 4 aliphatic rings. The summed E-state index contributed by atoms with van der Waals surface area (Å²) in [6.45, 7) is 11.3. The lowest BCUT2D eigenvalue weighted by molar-refractivity contribution is -0.133. The van der Waals surface area contributed by atoms with Crippen LogP contribution in [0.3, 0.4) is 0 Å². The number of amides is 1. The number of nitrogens with zero attached hydrogens (tertiary/aromatic N) is 9. The van der Waals surface area contributed by atoms with E-state index in [0.717, 1.165) is 90.6 Å². The Labute approximate surface area is 357 Å². The maximum atomic E-state index is 14.1. The predicted octanol–water partition coefficient (Wildman–Crippen LogP) is 8.53. The highest BCUT2D eigenvalue weighted by Gasteiger charge is 2.35. The lowest BCUT2D eigenvalue weighted by Gasteiger charge is -2.43. The Morgan fingerprint density at radius 1 is 0.881 bits per heavy atom. The van der Waals surface area contributed by atoms with Crippen molar-refractivity contribution in [3.63, 3.8) is 0 Å². The number of halogens is 2. The average Bonchev–Trinajstić information content (AvgIpc) is 3.88. The molecule has 1 aliphatic carbocycles. The molecule has 1 saturated carbocycles. The van der Waals surface area contributed by atoms with Crippen LogP contribution >= 0.6 is 34.5 Å². The number of carbonyl (C=O) groups is 1. The number of benzene rings is 2. The van der Waals surface area contributed by atoms with Crippen LogP contribution in [-0.4, -0.2) is 103 Å². The molecule has 0 spiro atoms. The van der Waals surface area contributed by atoms with Crippen molar-refractivity contribution in [3.05, 3.63) is 97.9 Å². The topological polar surface area (TPSA) is 121 Å². The molecule has 10 rings (SSSR count). The molecule has 3 fully saturated rings. The third kappa shape index (κ3) is 7.30. The number of thiophene rings is 1. The number of aromatic nitrogens is 6. The van der Waals surface area contributed by atoms with E-state index in [1.807, 2.05) is 42.2 Å². The zero-order chi connectivity index (χ0) is 40.4. The van der Waals surface area contributed by atoms with Crippen molar-refractivity contribution in [2.45, 2.75) is 77.5 Å². The summed E-state index contributed by atoms with van der Waals surface area (Å²) in [5, 5.41) is 11.4. The van der Waals surface area contributed by atoms with E-state index in [1.54, 1.807) is 11.3 Å². The number of piperidine rings is 1. The number of aryl methyl sites for hydroxylation is 2. The summed E-state index contributed by atoms with van der Waals surface area (Å²) in [5.74, 6) is 1.60. The van der Waals surface area contributed by atoms with Crippen molar-refractivity contribution in [3.8, 4) is 22.3 Å². The second-order valence-corrected chi connectivity index (χ2v) is 18.2. The maximum Gasteiger partial charge on any atom is 0.296 e. The van der Waals surface area contributed by atoms with E-state index in [9.17, 15) is 4.79 Å². The average molecular weight is 850 g/mol. The first-order valence-electron chi connectivity index (χ1n) is 20.6. The number of imidazole rings is 1. The highest BCUT2D eigenvalue weighted by atomic mass is 35.5. The van der Waals surface area contributed by atoms with Crippen molar-refractivity contribution in [1.29, 1.82) is 0 Å². The molecule has 15 heteroatoms. The van der Waals surface area contributed by atoms with Crippen molar-refractivity contribution in [1.82, 2.24) is 39.5 Å². The fourth-order valence-corrected chi connectivity index (χ4v) is 10.5. The van der Waals surface area contributed by atoms with Gasteiger partial charge in [-0.15, -0.1) is 21.5 Å². The number of fused-ring (bicyclic) bond motifs is 4. The van der Waals surface area contributed by atoms with Gasteiger partial charge in [0.2, 0.25) is 5.91 Å². The highest BCUT2D eigenvalue weighted by Crippen LogP contribution is 2.40. The number of hydrogen-bond acceptors (Lipinski definition) is 10. The standard InChI is InChI=1S/C44H46Cl2N10O2S/c1-25-26(2)59-43-38(25)40(29-7-11-30(45)12-8-29)47-36(42-52-51-27(3)56(42)43)24-37(57)55-21-19-54(20-22-55)32-15-17-53(18-16-32)31-13-9-28(10-14-31)39-34(46)23-35-41(49-39)50-44(48-35)58-33-5-4-6-33/h7-14,23,32-33,36H,4-6,15-22,24H2,1-3H3,(H,48,49,50)/t36-/m0/s1. The lowest BCUT2D eigenvalue weighted by Crippen LogP contribution is -2.54. The smallest absolute Gasteiger partial charge is 0.296 e. The molecule has 1 atom stereocenters. The Bertz CT molecular complexity index is 2560. The summed E-state index contributed by atoms with van der Waals surface area (Å²) < 4.78 is 8.06. The molecule has 0 radical (unpaired) electrons. The molecule has 12 nitrogen and oxygen atoms in total. The van der Waals surface area contributed by atoms with Crippen LogP contribution in [0.2, 0.25) is 10.0 Å². The van der Waals surface area contributed by atoms with Crippen LogP contribution in [0, 0.1) is 20.8 Å². The molecular formula is C44H46Cl2N10O2S. The van der Waals surface area contributed by atoms with Crippen LogP contribution in [0.5, 0.6) is 6.01 Å². The van der Waals surface area contributed by atoms with Crippen LogP contribution in [0.25, 0.3) is 27.4 Å². The van der Waals surface area contributed by atoms with Gasteiger partial charge >= 0.3 is 0 Å². The number of ether oxygens (including phenoxy) is 1. The highest BCUT2D eigenvalue weighted by molar-refractivity contribution is 7.15. The van der Waals surface area contributed by atoms with Crippen LogP contribution in [0.4, 0.5) is 5.69 Å². The van der Waals surface area contributed by atoms with Gasteiger partial charge in [0, 0.05) is 77.6 Å². The van der Waals surface area contributed by atoms with Crippen LogP contribution < -0.4 is 9.64 Å². The molecule has 4 aromatic heterocycles. The maximum absolute atomic E-state index is 14.1. The van der Waals surface area contributed by atoms with Gasteiger partial charge in [-0.25, -0.2) is 4.98 Å². The number of aliphatic imine (C=N–C) groups is 1. The molecule has 2 aromatic carbocycles. The number of hydrogen-bond donors (Lipinski definition) is 1. The number of nitrogens with one attached hydrogen (secondary N) is 1. The molecule has 59 heavy (non-hydrogen) atoms. The van der Waals surface area contributed by atoms with E-state index >= 15 is 0 Å². The Hall–Kier alpha value is -4.82. The summed E-state index contributed by atoms with van der Waals surface area (Å²) in [5.41, 5.74) is 8.33. The fraction of sp³-hybridized carbons (Fsp3) is 0.409. The van der Waals surface area contributed by atoms with E-state index < -0.39 is 6.04 Å². The van der Waals surface area contributed by atoms with Gasteiger partial charge in [-0.05, 0) is 88.8 Å². The van der Waals surface area contributed by atoms with Gasteiger partial charge in [0.25, 0.3) is 6.01 Å². The lowest BCUT2D eigenvalue weighted by atomic mass is 9.96. The second-order valence-electron chi connectivity index (χ2n) is 16.2. The summed E-state index contributed by atoms with van der Waals surface area (Å²) in [6, 6.07) is 18.7. The van der Waals surface area contributed by atoms with Gasteiger partial charge in [0.1, 0.15) is 23.0 Å². The molecule has 3 aliphatic heterocycles. The van der Waals surface area contributed by atoms with E-state index in [-0.39, 0.29) is 18.4 Å². The Balaban J connectivity index is 0.767. The largest absolute Gasteiger partial charge is 0.461 e. The third-order valence-electron chi connectivity index (χ3n) is 12.6. The SMILES string of the molecule is Cc1sc2c(c1C)C(c1ccc(Cl)cc1)=N[C@@H](CC(=O)N1CCN(C3CCN(c4ccc(-c5nc6nc(OC7CCC7)[nH]c6cc5Cl)cc4)CC3)CC1)c1nnc(C)n1-2. The van der Waals surface area contributed by atoms with Crippen molar-refractivity contribution in [2.75, 3.05) is 44.2 Å². The molecule has 304 valence electrons. The van der Waals surface area contributed by atoms with Gasteiger partial charge < -0.3 is 19.5 Å². The molecule has 0 bridgehead atoms. The molecule has 2 saturated heterocycles. The molecular weight excluding hydrogens is 804 g/mol. The summed E-state index contributed by atoms with van der Waals surface area (Å²) in [4.78, 5) is 40.3. The molecule has 1 amide bonds. The summed E-state index contributed by atoms with van der Waals surface area (Å²) in [6.07, 6.45) is 5.95. The van der Waals surface area contributed by atoms with Crippen molar-refractivity contribution >= 4 is 63.0 Å². The van der Waals surface area contributed by atoms with Crippen LogP contribution in [0.1, 0.15) is 77.8 Å². The van der Waals surface area contributed by atoms with E-state index in [4.69, 9.17) is 37.9 Å². The number of anilines is 1. The normalized spacial score (nSPS) is 19.0. The Kier molecular flexibility index (Phi) is 10.2. The second kappa shape index (κ2) is 15.7. The van der Waals surface area contributed by atoms with Crippen molar-refractivity contribution < 1.29 is 9.53 Å². The first kappa shape index (κ1) is 38.4. The first-order chi connectivity index (χ1) is 28.7. The zero-order valence-electron chi connectivity index (χ0n) is 33.4. The summed E-state index contributed by atoms with van der Waals surface area (Å²) in [7, 11) is 0. The predicted molar refractivity (Wildman–Crippen MR) is 234 cm³/mol. The van der Waals surface area contributed by atoms with Crippen LogP contribution in [0.15, 0.2) is 59.6 Å². The quantitative estimate of drug-likeness (QED) is 0.162. The Morgan fingerprint density at radius 3 is 2.32 bits per heavy atom. The van der Waals surface area contributed by atoms with E-state index in [2.05, 4.69) is 72.6 Å². The van der Waals surface area contributed by atoms with Gasteiger partial charge in [-0.3, -0.25) is 19.3 Å². The van der Waals surface area contributed by atoms with Gasteiger partial charge in [-0.2, -0.15) is 4.98 Å². The summed E-state index contributed by atoms with van der Waals surface area (Å²) >= 11 is 14.7. The third-order valence-corrected chi connectivity index (χ3v) is 14.3. The van der Waals surface area contributed by atoms with E-state index in [1.165, 1.54) is 22.5 Å². The fourth-order valence-electron chi connectivity index (χ4n) is 8.88. The van der Waals surface area contributed by atoms with Crippen LogP contribution in [-0.2, 0) is 4.79 Å². The number of aromatic amines is 1. The number of carbonyl (C=O) groups excluding carboxylic acids is 1. The molecule has 1 N–H and O–H groups in total. The zero-order valence-corrected chi connectivity index (χ0v) is 35.7. The minimum absolute atomic E-state index is 0.0981. The van der Waals surface area contributed by atoms with Crippen molar-refractivity contribution in [2.24, 2.45) is 4.99 Å². The van der Waals surface area contributed by atoms with E-state index in [0.29, 0.717) is 52.4 Å². The number of rotatable bonds is 8. The number of piperazine rings is 1. The number of H-pyrrole nitrogens is 1.